The standard InChI is InChI=1S/C6H12N2/c1-4-5-2-8-6(5)3-7-4/h4-8H,2-3H2,1H3. The van der Waals surface area contributed by atoms with E-state index in [0.29, 0.717) is 0 Å². The molecule has 46 valence electrons. The number of hydrogen-bond acceptors (Lipinski definition) is 2. The molecule has 2 heteroatoms. The highest BCUT2D eigenvalue weighted by Gasteiger charge is 2.39. The van der Waals surface area contributed by atoms with Crippen molar-refractivity contribution >= 4 is 0 Å². The van der Waals surface area contributed by atoms with Gasteiger partial charge in [0, 0.05) is 31.1 Å². The Kier molecular flexibility index (Phi) is 0.866. The van der Waals surface area contributed by atoms with Crippen molar-refractivity contribution in [2.75, 3.05) is 13.1 Å². The van der Waals surface area contributed by atoms with Crippen molar-refractivity contribution < 1.29 is 0 Å². The number of fused-ring (bicyclic) bond motifs is 1. The van der Waals surface area contributed by atoms with Gasteiger partial charge in [-0.25, -0.2) is 0 Å². The topological polar surface area (TPSA) is 24.1 Å². The van der Waals surface area contributed by atoms with Gasteiger partial charge in [-0.3, -0.25) is 0 Å². The lowest BCUT2D eigenvalue weighted by molar-refractivity contribution is 0.266. The maximum Gasteiger partial charge on any atom is 0.0247 e. The molecular formula is C6H12N2. The summed E-state index contributed by atoms with van der Waals surface area (Å²) in [7, 11) is 0. The van der Waals surface area contributed by atoms with Crippen LogP contribution >= 0.6 is 0 Å². The van der Waals surface area contributed by atoms with Crippen LogP contribution in [0.3, 0.4) is 0 Å². The minimum Gasteiger partial charge on any atom is -0.312 e. The number of nitrogens with one attached hydrogen (secondary N) is 2. The van der Waals surface area contributed by atoms with E-state index in [1.165, 1.54) is 13.1 Å². The summed E-state index contributed by atoms with van der Waals surface area (Å²) in [6.07, 6.45) is 0. The SMILES string of the molecule is CC1NCC2NCC12. The Bertz CT molecular complexity index is 96.7. The molecule has 0 radical (unpaired) electrons. The predicted molar refractivity (Wildman–Crippen MR) is 32.7 cm³/mol. The monoisotopic (exact) mass is 112 g/mol. The van der Waals surface area contributed by atoms with E-state index in [0.717, 1.165) is 18.0 Å². The zero-order valence-electron chi connectivity index (χ0n) is 5.15. The van der Waals surface area contributed by atoms with Crippen LogP contribution < -0.4 is 10.6 Å². The highest BCUT2D eigenvalue weighted by atomic mass is 15.1. The highest BCUT2D eigenvalue weighted by molar-refractivity contribution is 5.00. The average Bonchev–Trinajstić information content (AvgIpc) is 1.80. The molecule has 2 heterocycles. The van der Waals surface area contributed by atoms with E-state index in [-0.39, 0.29) is 0 Å². The van der Waals surface area contributed by atoms with Crippen LogP contribution in [0.4, 0.5) is 0 Å². The summed E-state index contributed by atoms with van der Waals surface area (Å²) in [5.41, 5.74) is 0. The van der Waals surface area contributed by atoms with Gasteiger partial charge in [0.2, 0.25) is 0 Å². The first-order valence-electron chi connectivity index (χ1n) is 3.34. The van der Waals surface area contributed by atoms with Gasteiger partial charge in [-0.05, 0) is 6.92 Å². The summed E-state index contributed by atoms with van der Waals surface area (Å²) in [4.78, 5) is 0. The Balaban J connectivity index is 2.05. The summed E-state index contributed by atoms with van der Waals surface area (Å²) in [5, 5.41) is 6.79. The molecule has 0 amide bonds. The van der Waals surface area contributed by atoms with Crippen LogP contribution in [0.2, 0.25) is 0 Å². The second kappa shape index (κ2) is 1.45. The Hall–Kier alpha value is -0.0800. The number of hydrogen-bond donors (Lipinski definition) is 2. The summed E-state index contributed by atoms with van der Waals surface area (Å²) in [5.74, 6) is 0.940. The van der Waals surface area contributed by atoms with Gasteiger partial charge in [-0.1, -0.05) is 0 Å². The lowest BCUT2D eigenvalue weighted by atomic mass is 9.90. The van der Waals surface area contributed by atoms with E-state index in [9.17, 15) is 0 Å². The fourth-order valence-electron chi connectivity index (χ4n) is 1.63. The molecule has 0 bridgehead atoms. The third-order valence-corrected chi connectivity index (χ3v) is 2.43. The summed E-state index contributed by atoms with van der Waals surface area (Å²) >= 11 is 0. The lowest BCUT2D eigenvalue weighted by Gasteiger charge is -2.33. The van der Waals surface area contributed by atoms with Crippen LogP contribution in [0.15, 0.2) is 0 Å². The van der Waals surface area contributed by atoms with Gasteiger partial charge in [0.1, 0.15) is 0 Å². The van der Waals surface area contributed by atoms with Gasteiger partial charge in [-0.2, -0.15) is 0 Å². The first-order chi connectivity index (χ1) is 3.88. The molecule has 0 aliphatic carbocycles. The van der Waals surface area contributed by atoms with Crippen molar-refractivity contribution in [1.29, 1.82) is 0 Å². The van der Waals surface area contributed by atoms with Gasteiger partial charge in [0.05, 0.1) is 0 Å². The molecule has 2 aliphatic rings. The van der Waals surface area contributed by atoms with E-state index >= 15 is 0 Å². The molecule has 2 aliphatic heterocycles. The van der Waals surface area contributed by atoms with Gasteiger partial charge >= 0.3 is 0 Å². The van der Waals surface area contributed by atoms with Crippen molar-refractivity contribution in [2.45, 2.75) is 19.0 Å². The minimum absolute atomic E-state index is 0.765. The molecule has 2 N–H and O–H groups in total. The molecule has 0 aromatic heterocycles. The molecule has 8 heavy (non-hydrogen) atoms. The van der Waals surface area contributed by atoms with Crippen molar-refractivity contribution in [3.8, 4) is 0 Å². The first-order valence-corrected chi connectivity index (χ1v) is 3.34. The normalized spacial score (nSPS) is 52.9. The summed E-state index contributed by atoms with van der Waals surface area (Å²) < 4.78 is 0. The predicted octanol–water partition coefficient (Wildman–Crippen LogP) is -0.434. The second-order valence-corrected chi connectivity index (χ2v) is 2.88. The molecule has 0 spiro atoms. The van der Waals surface area contributed by atoms with Crippen LogP contribution in [0, 0.1) is 5.92 Å². The summed E-state index contributed by atoms with van der Waals surface area (Å²) in [6, 6.07) is 1.58. The van der Waals surface area contributed by atoms with Gasteiger partial charge < -0.3 is 10.6 Å². The Morgan fingerprint density at radius 3 is 2.38 bits per heavy atom. The first kappa shape index (κ1) is 4.77. The van der Waals surface area contributed by atoms with E-state index < -0.39 is 0 Å². The molecule has 0 aromatic carbocycles. The van der Waals surface area contributed by atoms with E-state index in [4.69, 9.17) is 0 Å². The van der Waals surface area contributed by atoms with Crippen LogP contribution in [-0.2, 0) is 0 Å². The number of rotatable bonds is 0. The van der Waals surface area contributed by atoms with E-state index in [1.54, 1.807) is 0 Å². The minimum atomic E-state index is 0.765. The molecular weight excluding hydrogens is 100 g/mol. The maximum absolute atomic E-state index is 3.42. The van der Waals surface area contributed by atoms with Crippen molar-refractivity contribution in [2.24, 2.45) is 5.92 Å². The van der Waals surface area contributed by atoms with E-state index in [2.05, 4.69) is 17.6 Å². The van der Waals surface area contributed by atoms with Crippen LogP contribution in [0.5, 0.6) is 0 Å². The maximum atomic E-state index is 3.42. The van der Waals surface area contributed by atoms with Crippen LogP contribution in [0.1, 0.15) is 6.92 Å². The van der Waals surface area contributed by atoms with Crippen LogP contribution in [-0.4, -0.2) is 25.2 Å². The van der Waals surface area contributed by atoms with Gasteiger partial charge in [0.15, 0.2) is 0 Å². The van der Waals surface area contributed by atoms with Crippen molar-refractivity contribution in [3.05, 3.63) is 0 Å². The van der Waals surface area contributed by atoms with Gasteiger partial charge in [0.25, 0.3) is 0 Å². The molecule has 3 atom stereocenters. The molecule has 3 unspecified atom stereocenters. The highest BCUT2D eigenvalue weighted by Crippen LogP contribution is 2.21. The molecule has 0 saturated carbocycles. The quantitative estimate of drug-likeness (QED) is 0.444. The van der Waals surface area contributed by atoms with E-state index in [1.807, 2.05) is 0 Å². The third kappa shape index (κ3) is 0.446. The zero-order valence-corrected chi connectivity index (χ0v) is 5.15. The Labute approximate surface area is 49.7 Å². The Morgan fingerprint density at radius 1 is 1.25 bits per heavy atom. The largest absolute Gasteiger partial charge is 0.312 e. The fourth-order valence-corrected chi connectivity index (χ4v) is 1.63. The zero-order chi connectivity index (χ0) is 5.56. The average molecular weight is 112 g/mol. The smallest absolute Gasteiger partial charge is 0.0247 e. The molecule has 2 rings (SSSR count). The molecule has 2 fully saturated rings. The Morgan fingerprint density at radius 2 is 2.12 bits per heavy atom. The molecule has 2 nitrogen and oxygen atoms in total. The van der Waals surface area contributed by atoms with Crippen LogP contribution in [0.25, 0.3) is 0 Å². The third-order valence-electron chi connectivity index (χ3n) is 2.43. The van der Waals surface area contributed by atoms with Gasteiger partial charge in [-0.15, -0.1) is 0 Å². The molecule has 2 saturated heterocycles. The lowest BCUT2D eigenvalue weighted by Crippen LogP contribution is -2.53. The second-order valence-electron chi connectivity index (χ2n) is 2.88. The molecule has 0 aromatic rings. The van der Waals surface area contributed by atoms with Crippen molar-refractivity contribution in [1.82, 2.24) is 10.6 Å². The summed E-state index contributed by atoms with van der Waals surface area (Å²) in [6.45, 7) is 4.69. The fraction of sp³-hybridized carbons (Fsp3) is 1.00. The van der Waals surface area contributed by atoms with Crippen molar-refractivity contribution in [3.63, 3.8) is 0 Å².